The Morgan fingerprint density at radius 2 is 1.88 bits per heavy atom. The van der Waals surface area contributed by atoms with Crippen molar-refractivity contribution in [2.24, 2.45) is 0 Å². The second kappa shape index (κ2) is 8.09. The van der Waals surface area contributed by atoms with Crippen molar-refractivity contribution < 1.29 is 9.84 Å². The minimum Gasteiger partial charge on any atom is -0.497 e. The highest BCUT2D eigenvalue weighted by atomic mass is 16.5. The van der Waals surface area contributed by atoms with Gasteiger partial charge in [0, 0.05) is 13.1 Å². The van der Waals surface area contributed by atoms with Gasteiger partial charge in [-0.25, -0.2) is 0 Å². The normalized spacial score (nSPS) is 10.8. The van der Waals surface area contributed by atoms with Gasteiger partial charge in [-0.3, -0.25) is 4.90 Å². The summed E-state index contributed by atoms with van der Waals surface area (Å²) in [5.74, 6) is 0.885. The lowest BCUT2D eigenvalue weighted by Gasteiger charge is -2.21. The maximum atomic E-state index is 9.03. The molecule has 0 bridgehead atoms. The van der Waals surface area contributed by atoms with Crippen molar-refractivity contribution in [1.82, 2.24) is 4.90 Å². The van der Waals surface area contributed by atoms with Crippen molar-refractivity contribution in [2.45, 2.75) is 26.3 Å². The highest BCUT2D eigenvalue weighted by Crippen LogP contribution is 2.13. The summed E-state index contributed by atoms with van der Waals surface area (Å²) in [5.41, 5.74) is 1.26. The van der Waals surface area contributed by atoms with E-state index in [-0.39, 0.29) is 6.61 Å². The van der Waals surface area contributed by atoms with E-state index in [1.54, 1.807) is 7.11 Å². The third-order valence-electron chi connectivity index (χ3n) is 2.81. The molecule has 0 fully saturated rings. The maximum absolute atomic E-state index is 9.03. The zero-order valence-corrected chi connectivity index (χ0v) is 10.9. The van der Waals surface area contributed by atoms with Crippen LogP contribution in [-0.2, 0) is 6.54 Å². The number of unbranched alkanes of at least 4 members (excludes halogenated alkanes) is 1. The largest absolute Gasteiger partial charge is 0.497 e. The zero-order valence-electron chi connectivity index (χ0n) is 10.9. The van der Waals surface area contributed by atoms with E-state index in [1.807, 2.05) is 12.1 Å². The lowest BCUT2D eigenvalue weighted by atomic mass is 10.2. The van der Waals surface area contributed by atoms with Gasteiger partial charge < -0.3 is 9.84 Å². The summed E-state index contributed by atoms with van der Waals surface area (Å²) in [6.45, 7) is 5.09. The number of ether oxygens (including phenoxy) is 1. The molecule has 0 unspecified atom stereocenters. The van der Waals surface area contributed by atoms with Gasteiger partial charge in [-0.05, 0) is 30.7 Å². The van der Waals surface area contributed by atoms with E-state index >= 15 is 0 Å². The monoisotopic (exact) mass is 237 g/mol. The van der Waals surface area contributed by atoms with E-state index in [4.69, 9.17) is 9.84 Å². The third kappa shape index (κ3) is 5.20. The molecule has 0 aliphatic carbocycles. The molecule has 0 aliphatic rings. The van der Waals surface area contributed by atoms with Crippen LogP contribution in [0.3, 0.4) is 0 Å². The lowest BCUT2D eigenvalue weighted by molar-refractivity contribution is 0.188. The van der Waals surface area contributed by atoms with Gasteiger partial charge in [0.2, 0.25) is 0 Å². The first-order chi connectivity index (χ1) is 8.30. The second-order valence-electron chi connectivity index (χ2n) is 4.20. The number of hydrogen-bond donors (Lipinski definition) is 1. The molecular weight excluding hydrogens is 214 g/mol. The van der Waals surface area contributed by atoms with Crippen LogP contribution in [-0.4, -0.2) is 36.8 Å². The topological polar surface area (TPSA) is 32.7 Å². The van der Waals surface area contributed by atoms with Crippen molar-refractivity contribution in [1.29, 1.82) is 0 Å². The summed E-state index contributed by atoms with van der Waals surface area (Å²) < 4.78 is 5.13. The molecule has 1 rings (SSSR count). The molecule has 1 N–H and O–H groups in total. The van der Waals surface area contributed by atoms with E-state index < -0.39 is 0 Å². The Morgan fingerprint density at radius 1 is 1.18 bits per heavy atom. The first-order valence-electron chi connectivity index (χ1n) is 6.26. The van der Waals surface area contributed by atoms with Crippen LogP contribution in [0, 0.1) is 0 Å². The van der Waals surface area contributed by atoms with Crippen molar-refractivity contribution in [2.75, 3.05) is 26.8 Å². The molecular formula is C14H23NO2. The zero-order chi connectivity index (χ0) is 12.5. The number of nitrogens with zero attached hydrogens (tertiary/aromatic N) is 1. The van der Waals surface area contributed by atoms with Gasteiger partial charge >= 0.3 is 0 Å². The second-order valence-corrected chi connectivity index (χ2v) is 4.20. The molecule has 3 nitrogen and oxygen atoms in total. The van der Waals surface area contributed by atoms with Gasteiger partial charge in [0.15, 0.2) is 0 Å². The molecule has 0 saturated carbocycles. The van der Waals surface area contributed by atoms with E-state index in [0.717, 1.165) is 25.4 Å². The predicted molar refractivity (Wildman–Crippen MR) is 70.3 cm³/mol. The maximum Gasteiger partial charge on any atom is 0.118 e. The summed E-state index contributed by atoms with van der Waals surface area (Å²) in [7, 11) is 1.67. The molecule has 1 aromatic rings. The SMILES string of the molecule is CCCCN(CCO)Cc1ccc(OC)cc1. The fourth-order valence-electron chi connectivity index (χ4n) is 1.78. The Bertz CT molecular complexity index is 298. The van der Waals surface area contributed by atoms with Crippen LogP contribution in [0.2, 0.25) is 0 Å². The number of hydrogen-bond acceptors (Lipinski definition) is 3. The summed E-state index contributed by atoms with van der Waals surface area (Å²) >= 11 is 0. The molecule has 17 heavy (non-hydrogen) atoms. The smallest absolute Gasteiger partial charge is 0.118 e. The number of aliphatic hydroxyl groups excluding tert-OH is 1. The Kier molecular flexibility index (Phi) is 6.67. The third-order valence-corrected chi connectivity index (χ3v) is 2.81. The quantitative estimate of drug-likeness (QED) is 0.753. The molecule has 0 aromatic heterocycles. The minimum atomic E-state index is 0.222. The standard InChI is InChI=1S/C14H23NO2/c1-3-4-9-15(10-11-16)12-13-5-7-14(17-2)8-6-13/h5-8,16H,3-4,9-12H2,1-2H3. The Morgan fingerprint density at radius 3 is 2.41 bits per heavy atom. The van der Waals surface area contributed by atoms with Gasteiger partial charge in [-0.15, -0.1) is 0 Å². The molecule has 0 amide bonds. The molecule has 0 radical (unpaired) electrons. The van der Waals surface area contributed by atoms with Gasteiger partial charge in [0.05, 0.1) is 13.7 Å². The van der Waals surface area contributed by atoms with Crippen molar-refractivity contribution >= 4 is 0 Å². The molecule has 0 aliphatic heterocycles. The Labute approximate surface area is 104 Å². The van der Waals surface area contributed by atoms with E-state index in [2.05, 4.69) is 24.0 Å². The lowest BCUT2D eigenvalue weighted by Crippen LogP contribution is -2.27. The summed E-state index contributed by atoms with van der Waals surface area (Å²) in [6.07, 6.45) is 2.36. The van der Waals surface area contributed by atoms with Gasteiger partial charge in [0.25, 0.3) is 0 Å². The average Bonchev–Trinajstić information content (AvgIpc) is 2.37. The molecule has 0 atom stereocenters. The highest BCUT2D eigenvalue weighted by molar-refractivity contribution is 5.27. The summed E-state index contributed by atoms with van der Waals surface area (Å²) in [4.78, 5) is 2.28. The molecule has 0 heterocycles. The van der Waals surface area contributed by atoms with E-state index in [1.165, 1.54) is 18.4 Å². The average molecular weight is 237 g/mol. The van der Waals surface area contributed by atoms with Crippen LogP contribution in [0.15, 0.2) is 24.3 Å². The number of aliphatic hydroxyl groups is 1. The van der Waals surface area contributed by atoms with Gasteiger partial charge in [0.1, 0.15) is 5.75 Å². The van der Waals surface area contributed by atoms with Crippen molar-refractivity contribution in [3.8, 4) is 5.75 Å². The summed E-state index contributed by atoms with van der Waals surface area (Å²) in [5, 5.41) is 9.03. The van der Waals surface area contributed by atoms with Gasteiger partial charge in [-0.1, -0.05) is 25.5 Å². The van der Waals surface area contributed by atoms with Crippen LogP contribution in [0.4, 0.5) is 0 Å². The van der Waals surface area contributed by atoms with Crippen LogP contribution in [0.1, 0.15) is 25.3 Å². The fraction of sp³-hybridized carbons (Fsp3) is 0.571. The van der Waals surface area contributed by atoms with Gasteiger partial charge in [-0.2, -0.15) is 0 Å². The van der Waals surface area contributed by atoms with Crippen LogP contribution < -0.4 is 4.74 Å². The number of methoxy groups -OCH3 is 1. The number of rotatable bonds is 8. The Balaban J connectivity index is 2.51. The van der Waals surface area contributed by atoms with Crippen molar-refractivity contribution in [3.63, 3.8) is 0 Å². The molecule has 1 aromatic carbocycles. The minimum absolute atomic E-state index is 0.222. The first kappa shape index (κ1) is 14.0. The molecule has 3 heteroatoms. The molecule has 0 spiro atoms. The first-order valence-corrected chi connectivity index (χ1v) is 6.26. The molecule has 96 valence electrons. The fourth-order valence-corrected chi connectivity index (χ4v) is 1.78. The predicted octanol–water partition coefficient (Wildman–Crippen LogP) is 2.29. The van der Waals surface area contributed by atoms with Crippen molar-refractivity contribution in [3.05, 3.63) is 29.8 Å². The van der Waals surface area contributed by atoms with Crippen LogP contribution >= 0.6 is 0 Å². The van der Waals surface area contributed by atoms with E-state index in [9.17, 15) is 0 Å². The van der Waals surface area contributed by atoms with Crippen LogP contribution in [0.25, 0.3) is 0 Å². The summed E-state index contributed by atoms with van der Waals surface area (Å²) in [6, 6.07) is 8.11. The Hall–Kier alpha value is -1.06. The van der Waals surface area contributed by atoms with E-state index in [0.29, 0.717) is 0 Å². The number of benzene rings is 1. The highest BCUT2D eigenvalue weighted by Gasteiger charge is 2.04. The van der Waals surface area contributed by atoms with Crippen LogP contribution in [0.5, 0.6) is 5.75 Å². The molecule has 0 saturated heterocycles.